The molecule has 4 nitrogen and oxygen atoms in total. The van der Waals surface area contributed by atoms with Crippen molar-refractivity contribution in [1.29, 1.82) is 5.26 Å². The Morgan fingerprint density at radius 1 is 1.15 bits per heavy atom. The van der Waals surface area contributed by atoms with Crippen LogP contribution in [0.4, 0.5) is 5.69 Å². The molecule has 0 aliphatic carbocycles. The summed E-state index contributed by atoms with van der Waals surface area (Å²) in [7, 11) is 0. The van der Waals surface area contributed by atoms with E-state index in [1.54, 1.807) is 12.1 Å². The number of nitrogens with zero attached hydrogens (tertiary/aromatic N) is 2. The van der Waals surface area contributed by atoms with Crippen LogP contribution < -0.4 is 11.1 Å². The van der Waals surface area contributed by atoms with Crippen molar-refractivity contribution >= 4 is 11.6 Å². The number of hydrogen-bond donors (Lipinski definition) is 2. The molecule has 0 heterocycles. The molecule has 2 aromatic rings. The Hall–Kier alpha value is -2.80. The summed E-state index contributed by atoms with van der Waals surface area (Å²) < 4.78 is 0. The number of benzene rings is 2. The third-order valence-corrected chi connectivity index (χ3v) is 2.90. The van der Waals surface area contributed by atoms with Crippen LogP contribution in [0, 0.1) is 11.3 Å². The van der Waals surface area contributed by atoms with Crippen LogP contribution in [0.3, 0.4) is 0 Å². The van der Waals surface area contributed by atoms with Gasteiger partial charge in [0.2, 0.25) is 0 Å². The fourth-order valence-electron chi connectivity index (χ4n) is 1.82. The van der Waals surface area contributed by atoms with Crippen molar-refractivity contribution < 1.29 is 0 Å². The highest BCUT2D eigenvalue weighted by Gasteiger charge is 2.04. The Kier molecular flexibility index (Phi) is 4.35. The lowest BCUT2D eigenvalue weighted by Gasteiger charge is -2.10. The third-order valence-electron chi connectivity index (χ3n) is 2.90. The Morgan fingerprint density at radius 2 is 1.80 bits per heavy atom. The van der Waals surface area contributed by atoms with Crippen molar-refractivity contribution in [3.8, 4) is 6.07 Å². The molecule has 0 aliphatic rings. The van der Waals surface area contributed by atoms with Gasteiger partial charge in [0.05, 0.1) is 17.7 Å². The molecule has 0 radical (unpaired) electrons. The lowest BCUT2D eigenvalue weighted by Crippen LogP contribution is -2.23. The molecule has 0 saturated carbocycles. The maximum atomic E-state index is 8.77. The van der Waals surface area contributed by atoms with Crippen LogP contribution >= 0.6 is 0 Å². The van der Waals surface area contributed by atoms with Gasteiger partial charge in [0.15, 0.2) is 5.96 Å². The summed E-state index contributed by atoms with van der Waals surface area (Å²) in [5, 5.41) is 11.8. The van der Waals surface area contributed by atoms with Crippen LogP contribution in [0.1, 0.15) is 24.1 Å². The van der Waals surface area contributed by atoms with Crippen LogP contribution in [-0.4, -0.2) is 5.96 Å². The van der Waals surface area contributed by atoms with E-state index in [4.69, 9.17) is 11.0 Å². The number of para-hydroxylation sites is 1. The molecule has 0 aliphatic heterocycles. The van der Waals surface area contributed by atoms with E-state index < -0.39 is 0 Å². The maximum absolute atomic E-state index is 8.77. The van der Waals surface area contributed by atoms with E-state index in [-0.39, 0.29) is 6.04 Å². The van der Waals surface area contributed by atoms with Crippen molar-refractivity contribution in [3.05, 3.63) is 65.7 Å². The quantitative estimate of drug-likeness (QED) is 0.661. The van der Waals surface area contributed by atoms with Gasteiger partial charge in [-0.2, -0.15) is 5.26 Å². The van der Waals surface area contributed by atoms with Crippen molar-refractivity contribution in [3.63, 3.8) is 0 Å². The van der Waals surface area contributed by atoms with Crippen LogP contribution in [0.15, 0.2) is 59.6 Å². The molecule has 0 amide bonds. The van der Waals surface area contributed by atoms with E-state index in [0.29, 0.717) is 11.5 Å². The minimum Gasteiger partial charge on any atom is -0.370 e. The summed E-state index contributed by atoms with van der Waals surface area (Å²) in [6.07, 6.45) is 0. The van der Waals surface area contributed by atoms with Crippen LogP contribution in [0.5, 0.6) is 0 Å². The molecule has 20 heavy (non-hydrogen) atoms. The number of hydrogen-bond acceptors (Lipinski definition) is 2. The molecular weight excluding hydrogens is 248 g/mol. The van der Waals surface area contributed by atoms with E-state index in [1.807, 2.05) is 49.4 Å². The monoisotopic (exact) mass is 264 g/mol. The van der Waals surface area contributed by atoms with E-state index in [0.717, 1.165) is 11.3 Å². The fraction of sp³-hybridized carbons (Fsp3) is 0.125. The SMILES string of the molecule is CC(N=C(N)Nc1ccccc1)c1ccc(C#N)cc1. The van der Waals surface area contributed by atoms with Gasteiger partial charge in [-0.1, -0.05) is 30.3 Å². The molecule has 3 N–H and O–H groups in total. The van der Waals surface area contributed by atoms with Gasteiger partial charge in [-0.3, -0.25) is 0 Å². The molecule has 0 bridgehead atoms. The standard InChI is InChI=1S/C16H16N4/c1-12(14-9-7-13(11-17)8-10-14)19-16(18)20-15-5-3-2-4-6-15/h2-10,12H,1H3,(H3,18,19,20). The normalized spacial score (nSPS) is 12.5. The third kappa shape index (κ3) is 3.59. The molecular formula is C16H16N4. The Morgan fingerprint density at radius 3 is 2.40 bits per heavy atom. The molecule has 0 saturated heterocycles. The zero-order valence-electron chi connectivity index (χ0n) is 11.2. The van der Waals surface area contributed by atoms with Gasteiger partial charge in [0.1, 0.15) is 0 Å². The molecule has 0 fully saturated rings. The number of guanidine groups is 1. The molecule has 0 aromatic heterocycles. The second kappa shape index (κ2) is 6.39. The Labute approximate surface area is 118 Å². The number of anilines is 1. The van der Waals surface area contributed by atoms with Crippen molar-refractivity contribution in [2.45, 2.75) is 13.0 Å². The largest absolute Gasteiger partial charge is 0.370 e. The average molecular weight is 264 g/mol. The zero-order valence-corrected chi connectivity index (χ0v) is 11.2. The number of nitrogens with two attached hydrogens (primary N) is 1. The van der Waals surface area contributed by atoms with E-state index >= 15 is 0 Å². The molecule has 1 unspecified atom stereocenters. The van der Waals surface area contributed by atoms with Gasteiger partial charge >= 0.3 is 0 Å². The predicted molar refractivity (Wildman–Crippen MR) is 81.3 cm³/mol. The van der Waals surface area contributed by atoms with E-state index in [2.05, 4.69) is 16.4 Å². The van der Waals surface area contributed by atoms with Gasteiger partial charge < -0.3 is 11.1 Å². The summed E-state index contributed by atoms with van der Waals surface area (Å²) in [6.45, 7) is 1.96. The second-order valence-electron chi connectivity index (χ2n) is 4.42. The van der Waals surface area contributed by atoms with Gasteiger partial charge in [-0.15, -0.1) is 0 Å². The van der Waals surface area contributed by atoms with Crippen molar-refractivity contribution in [2.24, 2.45) is 10.7 Å². The first-order chi connectivity index (χ1) is 9.69. The van der Waals surface area contributed by atoms with Crippen molar-refractivity contribution in [2.75, 3.05) is 5.32 Å². The summed E-state index contributed by atoms with van der Waals surface area (Å²) >= 11 is 0. The minimum atomic E-state index is -0.0704. The lowest BCUT2D eigenvalue weighted by atomic mass is 10.1. The number of nitrogens with one attached hydrogen (secondary N) is 1. The summed E-state index contributed by atoms with van der Waals surface area (Å²) in [6, 6.07) is 19.0. The molecule has 4 heteroatoms. The lowest BCUT2D eigenvalue weighted by molar-refractivity contribution is 0.817. The maximum Gasteiger partial charge on any atom is 0.193 e. The first kappa shape index (κ1) is 13.6. The van der Waals surface area contributed by atoms with Crippen molar-refractivity contribution in [1.82, 2.24) is 0 Å². The number of rotatable bonds is 3. The van der Waals surface area contributed by atoms with E-state index in [1.165, 1.54) is 0 Å². The van der Waals surface area contributed by atoms with Crippen LogP contribution in [0.25, 0.3) is 0 Å². The Bertz CT molecular complexity index is 624. The molecule has 1 atom stereocenters. The fourth-order valence-corrected chi connectivity index (χ4v) is 1.82. The highest BCUT2D eigenvalue weighted by atomic mass is 15.1. The topological polar surface area (TPSA) is 74.2 Å². The van der Waals surface area contributed by atoms with Gasteiger partial charge in [0, 0.05) is 5.69 Å². The van der Waals surface area contributed by atoms with Gasteiger partial charge in [-0.25, -0.2) is 4.99 Å². The predicted octanol–water partition coefficient (Wildman–Crippen LogP) is 3.05. The van der Waals surface area contributed by atoms with E-state index in [9.17, 15) is 0 Å². The highest BCUT2D eigenvalue weighted by molar-refractivity contribution is 5.92. The van der Waals surface area contributed by atoms with Crippen LogP contribution in [0.2, 0.25) is 0 Å². The summed E-state index contributed by atoms with van der Waals surface area (Å²) in [5.74, 6) is 0.369. The smallest absolute Gasteiger partial charge is 0.193 e. The first-order valence-corrected chi connectivity index (χ1v) is 6.34. The number of nitriles is 1. The van der Waals surface area contributed by atoms with Crippen LogP contribution in [-0.2, 0) is 0 Å². The number of aliphatic imine (C=N–C) groups is 1. The molecule has 2 aromatic carbocycles. The molecule has 100 valence electrons. The zero-order chi connectivity index (χ0) is 14.4. The van der Waals surface area contributed by atoms with Gasteiger partial charge in [0.25, 0.3) is 0 Å². The average Bonchev–Trinajstić information content (AvgIpc) is 2.48. The molecule has 2 rings (SSSR count). The van der Waals surface area contributed by atoms with Gasteiger partial charge in [-0.05, 0) is 36.8 Å². The second-order valence-corrected chi connectivity index (χ2v) is 4.42. The Balaban J connectivity index is 2.07. The first-order valence-electron chi connectivity index (χ1n) is 6.34. The summed E-state index contributed by atoms with van der Waals surface area (Å²) in [4.78, 5) is 4.40. The minimum absolute atomic E-state index is 0.0704. The molecule has 0 spiro atoms. The summed E-state index contributed by atoms with van der Waals surface area (Å²) in [5.41, 5.74) is 8.44. The highest BCUT2D eigenvalue weighted by Crippen LogP contribution is 2.17.